The van der Waals surface area contributed by atoms with Gasteiger partial charge in [0.2, 0.25) is 0 Å². The number of nitriles is 1. The lowest BCUT2D eigenvalue weighted by molar-refractivity contribution is -0.143. The van der Waals surface area contributed by atoms with Crippen molar-refractivity contribution in [2.45, 2.75) is 49.8 Å². The maximum Gasteiger partial charge on any atom is 0.322 e. The summed E-state index contributed by atoms with van der Waals surface area (Å²) in [5.74, 6) is -0.909. The number of hydrogen-bond donors (Lipinski definition) is 1. The van der Waals surface area contributed by atoms with Crippen molar-refractivity contribution in [2.75, 3.05) is 0 Å². The molecule has 1 N–H and O–H groups in total. The summed E-state index contributed by atoms with van der Waals surface area (Å²) in [4.78, 5) is 11.3. The van der Waals surface area contributed by atoms with Crippen LogP contribution in [-0.4, -0.2) is 15.4 Å². The van der Waals surface area contributed by atoms with Crippen LogP contribution >= 0.6 is 15.9 Å². The van der Waals surface area contributed by atoms with Crippen molar-refractivity contribution in [2.24, 2.45) is 5.41 Å². The van der Waals surface area contributed by atoms with E-state index in [2.05, 4.69) is 22.0 Å². The van der Waals surface area contributed by atoms with Crippen LogP contribution in [0.2, 0.25) is 0 Å². The van der Waals surface area contributed by atoms with Gasteiger partial charge in [-0.05, 0) is 19.3 Å². The van der Waals surface area contributed by atoms with E-state index >= 15 is 0 Å². The van der Waals surface area contributed by atoms with E-state index in [1.165, 1.54) is 0 Å². The summed E-state index contributed by atoms with van der Waals surface area (Å²) in [6.45, 7) is 1.82. The molecular formula is C11H16BrNO2. The highest BCUT2D eigenvalue weighted by molar-refractivity contribution is 9.10. The maximum absolute atomic E-state index is 11.3. The van der Waals surface area contributed by atoms with Gasteiger partial charge < -0.3 is 5.11 Å². The Morgan fingerprint density at radius 2 is 2.07 bits per heavy atom. The molecule has 0 radical (unpaired) electrons. The summed E-state index contributed by atoms with van der Waals surface area (Å²) < 4.78 is -1.07. The molecule has 0 spiro atoms. The quantitative estimate of drug-likeness (QED) is 0.804. The minimum absolute atomic E-state index is 0.440. The summed E-state index contributed by atoms with van der Waals surface area (Å²) >= 11 is 3.31. The number of alkyl halides is 1. The van der Waals surface area contributed by atoms with Gasteiger partial charge in [-0.15, -0.1) is 0 Å². The van der Waals surface area contributed by atoms with Crippen LogP contribution in [0.4, 0.5) is 0 Å². The number of halogens is 1. The van der Waals surface area contributed by atoms with Gasteiger partial charge in [0.25, 0.3) is 0 Å². The molecule has 1 fully saturated rings. The Balaban J connectivity index is 3.08. The summed E-state index contributed by atoms with van der Waals surface area (Å²) in [5.41, 5.74) is -0.730. The van der Waals surface area contributed by atoms with E-state index in [4.69, 9.17) is 0 Å². The molecule has 3 nitrogen and oxygen atoms in total. The Labute approximate surface area is 98.6 Å². The molecule has 0 bridgehead atoms. The second kappa shape index (κ2) is 4.52. The highest BCUT2D eigenvalue weighted by atomic mass is 79.9. The van der Waals surface area contributed by atoms with E-state index in [1.54, 1.807) is 0 Å². The number of carbonyl (C=O) groups is 1. The number of carboxylic acids is 1. The van der Waals surface area contributed by atoms with Crippen LogP contribution in [0, 0.1) is 16.7 Å². The lowest BCUT2D eigenvalue weighted by Crippen LogP contribution is -2.49. The van der Waals surface area contributed by atoms with E-state index < -0.39 is 15.7 Å². The number of nitrogens with zero attached hydrogens (tertiary/aromatic N) is 1. The van der Waals surface area contributed by atoms with Crippen LogP contribution in [0.15, 0.2) is 0 Å². The molecule has 0 heterocycles. The van der Waals surface area contributed by atoms with Crippen LogP contribution in [0.1, 0.15) is 45.4 Å². The van der Waals surface area contributed by atoms with Gasteiger partial charge in [-0.2, -0.15) is 5.26 Å². The molecule has 0 saturated heterocycles. The van der Waals surface area contributed by atoms with Crippen molar-refractivity contribution < 1.29 is 9.90 Å². The van der Waals surface area contributed by atoms with Gasteiger partial charge >= 0.3 is 5.97 Å². The first-order valence-electron chi connectivity index (χ1n) is 5.36. The lowest BCUT2D eigenvalue weighted by Gasteiger charge is -2.41. The van der Waals surface area contributed by atoms with E-state index in [0.29, 0.717) is 19.3 Å². The molecule has 0 amide bonds. The zero-order valence-corrected chi connectivity index (χ0v) is 10.5. The van der Waals surface area contributed by atoms with Crippen LogP contribution < -0.4 is 0 Å². The summed E-state index contributed by atoms with van der Waals surface area (Å²) in [7, 11) is 0. The summed E-state index contributed by atoms with van der Waals surface area (Å²) in [5, 5.41) is 18.6. The second-order valence-electron chi connectivity index (χ2n) is 4.21. The average Bonchev–Trinajstić information content (AvgIpc) is 2.28. The van der Waals surface area contributed by atoms with Gasteiger partial charge in [-0.1, -0.05) is 42.1 Å². The van der Waals surface area contributed by atoms with E-state index in [-0.39, 0.29) is 0 Å². The molecule has 0 aliphatic heterocycles. The lowest BCUT2D eigenvalue weighted by atomic mass is 9.66. The fraction of sp³-hybridized carbons (Fsp3) is 0.818. The Bertz CT molecular complexity index is 291. The van der Waals surface area contributed by atoms with Gasteiger partial charge in [0.05, 0.1) is 11.5 Å². The third-order valence-electron chi connectivity index (χ3n) is 3.51. The zero-order valence-electron chi connectivity index (χ0n) is 8.92. The minimum Gasteiger partial charge on any atom is -0.480 e. The van der Waals surface area contributed by atoms with E-state index in [1.807, 2.05) is 6.92 Å². The van der Waals surface area contributed by atoms with Crippen LogP contribution in [0.5, 0.6) is 0 Å². The molecule has 1 aliphatic rings. The van der Waals surface area contributed by atoms with Crippen LogP contribution in [0.3, 0.4) is 0 Å². The number of carboxylic acid groups (broad SMARTS) is 1. The predicted molar refractivity (Wildman–Crippen MR) is 60.7 cm³/mol. The van der Waals surface area contributed by atoms with Gasteiger partial charge in [0.15, 0.2) is 0 Å². The van der Waals surface area contributed by atoms with Gasteiger partial charge in [-0.25, -0.2) is 0 Å². The third kappa shape index (κ3) is 1.90. The largest absolute Gasteiger partial charge is 0.480 e. The maximum atomic E-state index is 11.3. The topological polar surface area (TPSA) is 61.1 Å². The molecule has 0 aromatic carbocycles. The molecule has 1 atom stereocenters. The number of aliphatic carboxylic acids is 1. The molecular weight excluding hydrogens is 258 g/mol. The highest BCUT2D eigenvalue weighted by Crippen LogP contribution is 2.50. The van der Waals surface area contributed by atoms with Gasteiger partial charge in [0.1, 0.15) is 4.32 Å². The van der Waals surface area contributed by atoms with E-state index in [0.717, 1.165) is 19.3 Å². The SMILES string of the molecule is CCC(Br)(C(=O)O)C1(C#N)CCCCC1. The van der Waals surface area contributed by atoms with Gasteiger partial charge in [-0.3, -0.25) is 4.79 Å². The molecule has 15 heavy (non-hydrogen) atoms. The fourth-order valence-corrected chi connectivity index (χ4v) is 2.93. The molecule has 0 aromatic rings. The molecule has 1 saturated carbocycles. The third-order valence-corrected chi connectivity index (χ3v) is 5.16. The van der Waals surface area contributed by atoms with Crippen LogP contribution in [0.25, 0.3) is 0 Å². The van der Waals surface area contributed by atoms with Crippen molar-refractivity contribution in [3.05, 3.63) is 0 Å². The summed E-state index contributed by atoms with van der Waals surface area (Å²) in [6, 6.07) is 2.26. The Morgan fingerprint density at radius 1 is 1.53 bits per heavy atom. The molecule has 0 aromatic heterocycles. The van der Waals surface area contributed by atoms with Crippen molar-refractivity contribution in [1.29, 1.82) is 5.26 Å². The Morgan fingerprint density at radius 3 is 2.40 bits per heavy atom. The molecule has 84 valence electrons. The Hall–Kier alpha value is -0.560. The first-order valence-corrected chi connectivity index (χ1v) is 6.15. The number of hydrogen-bond acceptors (Lipinski definition) is 2. The average molecular weight is 274 g/mol. The molecule has 1 unspecified atom stereocenters. The standard InChI is InChI=1S/C11H16BrNO2/c1-2-11(12,9(14)15)10(8-13)6-4-3-5-7-10/h2-7H2,1H3,(H,14,15). The first kappa shape index (κ1) is 12.5. The molecule has 1 aliphatic carbocycles. The Kier molecular flexibility index (Phi) is 3.77. The normalized spacial score (nSPS) is 23.8. The monoisotopic (exact) mass is 273 g/mol. The smallest absolute Gasteiger partial charge is 0.322 e. The number of rotatable bonds is 3. The van der Waals surface area contributed by atoms with Gasteiger partial charge in [0, 0.05) is 0 Å². The molecule has 1 rings (SSSR count). The zero-order chi connectivity index (χ0) is 11.5. The molecule has 4 heteroatoms. The second-order valence-corrected chi connectivity index (χ2v) is 5.57. The highest BCUT2D eigenvalue weighted by Gasteiger charge is 2.54. The predicted octanol–water partition coefficient (Wildman–Crippen LogP) is 3.09. The van der Waals surface area contributed by atoms with Crippen molar-refractivity contribution in [3.8, 4) is 6.07 Å². The minimum atomic E-state index is -1.07. The van der Waals surface area contributed by atoms with Crippen molar-refractivity contribution in [1.82, 2.24) is 0 Å². The van der Waals surface area contributed by atoms with Crippen molar-refractivity contribution in [3.63, 3.8) is 0 Å². The van der Waals surface area contributed by atoms with Crippen LogP contribution in [-0.2, 0) is 4.79 Å². The van der Waals surface area contributed by atoms with E-state index in [9.17, 15) is 15.2 Å². The fourth-order valence-electron chi connectivity index (χ4n) is 2.45. The van der Waals surface area contributed by atoms with Crippen molar-refractivity contribution >= 4 is 21.9 Å². The first-order chi connectivity index (χ1) is 7.02. The summed E-state index contributed by atoms with van der Waals surface area (Å²) in [6.07, 6.45) is 4.83.